The number of nitrogens with two attached hydrogens (primary N) is 1. The van der Waals surface area contributed by atoms with Gasteiger partial charge >= 0.3 is 0 Å². The highest BCUT2D eigenvalue weighted by atomic mass is 32.1. The number of likely N-dealkylation sites (tertiary alicyclic amines) is 1. The van der Waals surface area contributed by atoms with Crippen LogP contribution < -0.4 is 16.6 Å². The van der Waals surface area contributed by atoms with Crippen molar-refractivity contribution in [3.63, 3.8) is 0 Å². The summed E-state index contributed by atoms with van der Waals surface area (Å²) in [5.74, 6) is -0.806. The van der Waals surface area contributed by atoms with Crippen LogP contribution in [0.5, 0.6) is 0 Å². The molecule has 1 aliphatic heterocycles. The van der Waals surface area contributed by atoms with Gasteiger partial charge in [-0.05, 0) is 43.7 Å². The molecule has 2 aromatic heterocycles. The number of hydrogen-bond acceptors (Lipinski definition) is 5. The van der Waals surface area contributed by atoms with Gasteiger partial charge in [0.1, 0.15) is 5.56 Å². The molecular formula is C17H20N4O3S. The Bertz CT molecular complexity index is 858. The molecule has 7 nitrogen and oxygen atoms in total. The van der Waals surface area contributed by atoms with Gasteiger partial charge in [-0.1, -0.05) is 0 Å². The second kappa shape index (κ2) is 7.20. The summed E-state index contributed by atoms with van der Waals surface area (Å²) < 4.78 is 0. The summed E-state index contributed by atoms with van der Waals surface area (Å²) in [4.78, 5) is 41.7. The van der Waals surface area contributed by atoms with Gasteiger partial charge in [-0.25, -0.2) is 0 Å². The lowest BCUT2D eigenvalue weighted by Gasteiger charge is -2.23. The van der Waals surface area contributed by atoms with Crippen LogP contribution in [0.1, 0.15) is 49.5 Å². The molecule has 0 aliphatic carbocycles. The van der Waals surface area contributed by atoms with Gasteiger partial charge in [0.25, 0.3) is 17.4 Å². The Hall–Kier alpha value is -2.45. The standard InChI is InChI=1S/C17H20N4O3S/c1-19-17(24)14-7-6-13(25-14)12-3-2-8-21(12)9-10-4-5-11(15(18)22)16(23)20-10/h4-7,12H,2-3,8-9H2,1H3,(H2,18,22)(H,19,24)(H,20,23). The van der Waals surface area contributed by atoms with Crippen molar-refractivity contribution in [2.75, 3.05) is 13.6 Å². The number of thiophene rings is 1. The number of rotatable bonds is 5. The Morgan fingerprint density at radius 3 is 2.84 bits per heavy atom. The lowest BCUT2D eigenvalue weighted by molar-refractivity contribution is 0.0965. The third kappa shape index (κ3) is 3.64. The third-order valence-corrected chi connectivity index (χ3v) is 5.56. The fourth-order valence-electron chi connectivity index (χ4n) is 3.13. The molecule has 1 saturated heterocycles. The van der Waals surface area contributed by atoms with Gasteiger partial charge < -0.3 is 16.0 Å². The van der Waals surface area contributed by atoms with Crippen LogP contribution in [0.15, 0.2) is 29.1 Å². The van der Waals surface area contributed by atoms with Gasteiger partial charge in [0.2, 0.25) is 0 Å². The molecule has 0 aromatic carbocycles. The minimum Gasteiger partial charge on any atom is -0.365 e. The number of carbonyl (C=O) groups is 2. The Labute approximate surface area is 148 Å². The molecule has 2 aromatic rings. The summed E-state index contributed by atoms with van der Waals surface area (Å²) in [5.41, 5.74) is 5.41. The van der Waals surface area contributed by atoms with E-state index in [1.165, 1.54) is 17.4 Å². The molecule has 0 bridgehead atoms. The smallest absolute Gasteiger partial charge is 0.261 e. The molecular weight excluding hydrogens is 340 g/mol. The Balaban J connectivity index is 1.77. The number of H-pyrrole nitrogens is 1. The van der Waals surface area contributed by atoms with Crippen LogP contribution in [0, 0.1) is 0 Å². The van der Waals surface area contributed by atoms with Crippen molar-refractivity contribution in [2.24, 2.45) is 5.73 Å². The zero-order chi connectivity index (χ0) is 18.0. The molecule has 132 valence electrons. The summed E-state index contributed by atoms with van der Waals surface area (Å²) in [7, 11) is 1.62. The first kappa shape index (κ1) is 17.4. The number of pyridine rings is 1. The van der Waals surface area contributed by atoms with Gasteiger partial charge in [0.05, 0.1) is 4.88 Å². The fraction of sp³-hybridized carbons (Fsp3) is 0.353. The third-order valence-electron chi connectivity index (χ3n) is 4.38. The fourth-order valence-corrected chi connectivity index (χ4v) is 4.26. The van der Waals surface area contributed by atoms with Crippen molar-refractivity contribution in [3.05, 3.63) is 55.6 Å². The number of aromatic nitrogens is 1. The summed E-state index contributed by atoms with van der Waals surface area (Å²) in [6.07, 6.45) is 2.07. The van der Waals surface area contributed by atoms with Crippen LogP contribution in [-0.4, -0.2) is 35.3 Å². The van der Waals surface area contributed by atoms with Gasteiger partial charge in [0.15, 0.2) is 0 Å². The quantitative estimate of drug-likeness (QED) is 0.745. The summed E-state index contributed by atoms with van der Waals surface area (Å²) in [6.45, 7) is 1.49. The lowest BCUT2D eigenvalue weighted by atomic mass is 10.1. The highest BCUT2D eigenvalue weighted by Crippen LogP contribution is 2.36. The predicted molar refractivity (Wildman–Crippen MR) is 95.7 cm³/mol. The van der Waals surface area contributed by atoms with Crippen molar-refractivity contribution < 1.29 is 9.59 Å². The van der Waals surface area contributed by atoms with Crippen LogP contribution in [0.25, 0.3) is 0 Å². The van der Waals surface area contributed by atoms with Gasteiger partial charge in [-0.15, -0.1) is 11.3 Å². The van der Waals surface area contributed by atoms with E-state index in [0.29, 0.717) is 11.4 Å². The van der Waals surface area contributed by atoms with E-state index in [0.717, 1.165) is 30.0 Å². The van der Waals surface area contributed by atoms with Crippen molar-refractivity contribution in [2.45, 2.75) is 25.4 Å². The summed E-state index contributed by atoms with van der Waals surface area (Å²) in [6, 6.07) is 7.26. The molecule has 3 heterocycles. The average Bonchev–Trinajstić information content (AvgIpc) is 3.22. The largest absolute Gasteiger partial charge is 0.365 e. The molecule has 4 N–H and O–H groups in total. The molecule has 1 fully saturated rings. The monoisotopic (exact) mass is 360 g/mol. The normalized spacial score (nSPS) is 17.6. The van der Waals surface area contributed by atoms with E-state index in [1.807, 2.05) is 12.1 Å². The van der Waals surface area contributed by atoms with Crippen LogP contribution >= 0.6 is 11.3 Å². The summed E-state index contributed by atoms with van der Waals surface area (Å²) >= 11 is 1.50. The molecule has 1 unspecified atom stereocenters. The van der Waals surface area contributed by atoms with E-state index in [-0.39, 0.29) is 17.5 Å². The van der Waals surface area contributed by atoms with Crippen molar-refractivity contribution in [3.8, 4) is 0 Å². The highest BCUT2D eigenvalue weighted by molar-refractivity contribution is 7.14. The van der Waals surface area contributed by atoms with Crippen molar-refractivity contribution in [1.29, 1.82) is 0 Å². The lowest BCUT2D eigenvalue weighted by Crippen LogP contribution is -2.27. The minimum atomic E-state index is -0.729. The van der Waals surface area contributed by atoms with Crippen LogP contribution in [0.4, 0.5) is 0 Å². The van der Waals surface area contributed by atoms with E-state index in [1.54, 1.807) is 13.1 Å². The number of nitrogens with zero attached hydrogens (tertiary/aromatic N) is 1. The maximum Gasteiger partial charge on any atom is 0.261 e. The van der Waals surface area contributed by atoms with Crippen molar-refractivity contribution in [1.82, 2.24) is 15.2 Å². The average molecular weight is 360 g/mol. The van der Waals surface area contributed by atoms with Crippen LogP contribution in [0.3, 0.4) is 0 Å². The second-order valence-electron chi connectivity index (χ2n) is 6.00. The Morgan fingerprint density at radius 1 is 1.36 bits per heavy atom. The molecule has 0 spiro atoms. The molecule has 8 heteroatoms. The zero-order valence-corrected chi connectivity index (χ0v) is 14.7. The first-order valence-corrected chi connectivity index (χ1v) is 8.89. The number of carbonyl (C=O) groups excluding carboxylic acids is 2. The van der Waals surface area contributed by atoms with Crippen molar-refractivity contribution >= 4 is 23.2 Å². The van der Waals surface area contributed by atoms with E-state index in [9.17, 15) is 14.4 Å². The Kier molecular flexibility index (Phi) is 5.00. The SMILES string of the molecule is CNC(=O)c1ccc(C2CCCN2Cc2ccc(C(N)=O)c(=O)[nH]2)s1. The first-order chi connectivity index (χ1) is 12.0. The number of primary amides is 1. The van der Waals surface area contributed by atoms with Crippen LogP contribution in [-0.2, 0) is 6.54 Å². The zero-order valence-electron chi connectivity index (χ0n) is 13.9. The number of nitrogens with one attached hydrogen (secondary N) is 2. The molecule has 2 amide bonds. The molecule has 25 heavy (non-hydrogen) atoms. The predicted octanol–water partition coefficient (Wildman–Crippen LogP) is 1.23. The van der Waals surface area contributed by atoms with Crippen LogP contribution in [0.2, 0.25) is 0 Å². The first-order valence-electron chi connectivity index (χ1n) is 8.07. The molecule has 0 saturated carbocycles. The van der Waals surface area contributed by atoms with Gasteiger partial charge in [-0.2, -0.15) is 0 Å². The van der Waals surface area contributed by atoms with Gasteiger partial charge in [0, 0.05) is 30.2 Å². The molecule has 0 radical (unpaired) electrons. The number of hydrogen-bond donors (Lipinski definition) is 3. The van der Waals surface area contributed by atoms with Gasteiger partial charge in [-0.3, -0.25) is 19.3 Å². The Morgan fingerprint density at radius 2 is 2.16 bits per heavy atom. The number of amides is 2. The maximum absolute atomic E-state index is 11.9. The van der Waals surface area contributed by atoms with E-state index < -0.39 is 11.5 Å². The van der Waals surface area contributed by atoms with E-state index >= 15 is 0 Å². The van der Waals surface area contributed by atoms with E-state index in [2.05, 4.69) is 15.2 Å². The highest BCUT2D eigenvalue weighted by Gasteiger charge is 2.28. The number of aromatic amines is 1. The molecule has 1 aliphatic rings. The second-order valence-corrected chi connectivity index (χ2v) is 7.12. The minimum absolute atomic E-state index is 0.0322. The molecule has 3 rings (SSSR count). The van der Waals surface area contributed by atoms with E-state index in [4.69, 9.17) is 5.73 Å². The molecule has 1 atom stereocenters. The summed E-state index contributed by atoms with van der Waals surface area (Å²) in [5, 5.41) is 2.64. The topological polar surface area (TPSA) is 108 Å². The maximum atomic E-state index is 11.9.